The number of nitrogens with zero attached hydrogens (tertiary/aromatic N) is 2. The molecule has 2 amide bonds. The number of aliphatic imine (C=N–C) groups is 1. The number of carbonyl (C=O) groups is 2. The zero-order valence-corrected chi connectivity index (χ0v) is 22.4. The maximum Gasteiger partial charge on any atom is 0.251 e. The zero-order valence-electron chi connectivity index (χ0n) is 20.1. The van der Waals surface area contributed by atoms with Crippen LogP contribution in [0.2, 0.25) is 0 Å². The number of unbranched alkanes of at least 4 members (excludes halogenated alkanes) is 1. The van der Waals surface area contributed by atoms with E-state index in [1.54, 1.807) is 7.05 Å². The fraction of sp³-hybridized carbons (Fsp3) is 0.640. The number of nitrogens with one attached hydrogen (secondary N) is 3. The summed E-state index contributed by atoms with van der Waals surface area (Å²) in [7, 11) is 1.76. The summed E-state index contributed by atoms with van der Waals surface area (Å²) in [5.41, 5.74) is 1.76. The Balaban J connectivity index is 0.00000385. The molecule has 33 heavy (non-hydrogen) atoms. The molecule has 1 atom stereocenters. The van der Waals surface area contributed by atoms with E-state index in [4.69, 9.17) is 0 Å². The molecule has 1 unspecified atom stereocenters. The third kappa shape index (κ3) is 8.46. The average Bonchev–Trinajstić information content (AvgIpc) is 3.30. The second kappa shape index (κ2) is 14.4. The van der Waals surface area contributed by atoms with Crippen molar-refractivity contribution < 1.29 is 9.59 Å². The van der Waals surface area contributed by atoms with Gasteiger partial charge in [0.05, 0.1) is 0 Å². The van der Waals surface area contributed by atoms with Crippen molar-refractivity contribution in [3.8, 4) is 0 Å². The standard InChI is InChI=1S/C25H39N5O2.HI/c1-3-4-15-27-23(31)20-12-10-19(11-13-20)17-28-25(26-2)29-22-14-16-30(18-22)24(32)21-8-6-5-7-9-21;/h10-13,21-22H,3-9,14-18H2,1-2H3,(H,27,31)(H2,26,28,29);1H. The van der Waals surface area contributed by atoms with Crippen molar-refractivity contribution in [3.63, 3.8) is 0 Å². The average molecular weight is 570 g/mol. The first-order valence-corrected chi connectivity index (χ1v) is 12.2. The quantitative estimate of drug-likeness (QED) is 0.193. The molecule has 7 nitrogen and oxygen atoms in total. The molecule has 3 rings (SSSR count). The Labute approximate surface area is 215 Å². The molecular weight excluding hydrogens is 529 g/mol. The number of benzene rings is 1. The van der Waals surface area contributed by atoms with Crippen LogP contribution in [0.1, 0.15) is 74.2 Å². The van der Waals surface area contributed by atoms with Gasteiger partial charge in [-0.25, -0.2) is 0 Å². The van der Waals surface area contributed by atoms with Crippen LogP contribution in [0, 0.1) is 5.92 Å². The van der Waals surface area contributed by atoms with Crippen molar-refractivity contribution in [2.24, 2.45) is 10.9 Å². The fourth-order valence-electron chi connectivity index (χ4n) is 4.51. The first-order chi connectivity index (χ1) is 15.6. The van der Waals surface area contributed by atoms with E-state index in [0.717, 1.165) is 56.7 Å². The lowest BCUT2D eigenvalue weighted by molar-refractivity contribution is -0.135. The fourth-order valence-corrected chi connectivity index (χ4v) is 4.51. The highest BCUT2D eigenvalue weighted by Crippen LogP contribution is 2.26. The lowest BCUT2D eigenvalue weighted by Gasteiger charge is -2.26. The van der Waals surface area contributed by atoms with E-state index < -0.39 is 0 Å². The number of hydrogen-bond acceptors (Lipinski definition) is 3. The summed E-state index contributed by atoms with van der Waals surface area (Å²) in [6, 6.07) is 7.88. The van der Waals surface area contributed by atoms with Gasteiger partial charge in [0.1, 0.15) is 0 Å². The largest absolute Gasteiger partial charge is 0.352 e. The van der Waals surface area contributed by atoms with Crippen LogP contribution in [0.5, 0.6) is 0 Å². The molecular formula is C25H40IN5O2. The van der Waals surface area contributed by atoms with E-state index in [-0.39, 0.29) is 41.8 Å². The summed E-state index contributed by atoms with van der Waals surface area (Å²) in [6.07, 6.45) is 8.75. The molecule has 0 bridgehead atoms. The molecule has 1 aliphatic heterocycles. The molecule has 1 aliphatic carbocycles. The van der Waals surface area contributed by atoms with E-state index >= 15 is 0 Å². The molecule has 0 aromatic heterocycles. The molecule has 1 aromatic rings. The SMILES string of the molecule is CCCCNC(=O)c1ccc(CNC(=NC)NC2CCN(C(=O)C3CCCCC3)C2)cc1.I. The predicted octanol–water partition coefficient (Wildman–Crippen LogP) is 3.68. The number of halogens is 1. The number of carbonyl (C=O) groups excluding carboxylic acids is 2. The number of guanidine groups is 1. The Morgan fingerprint density at radius 2 is 1.79 bits per heavy atom. The van der Waals surface area contributed by atoms with Gasteiger partial charge in [0, 0.05) is 50.7 Å². The van der Waals surface area contributed by atoms with Gasteiger partial charge in [-0.15, -0.1) is 24.0 Å². The van der Waals surface area contributed by atoms with E-state index in [1.165, 1.54) is 19.3 Å². The van der Waals surface area contributed by atoms with Gasteiger partial charge < -0.3 is 20.9 Å². The van der Waals surface area contributed by atoms with Crippen molar-refractivity contribution in [1.82, 2.24) is 20.9 Å². The summed E-state index contributed by atoms with van der Waals surface area (Å²) in [5, 5.41) is 9.75. The molecule has 1 heterocycles. The van der Waals surface area contributed by atoms with Crippen molar-refractivity contribution in [1.29, 1.82) is 0 Å². The Bertz CT molecular complexity index is 778. The van der Waals surface area contributed by atoms with Crippen LogP contribution >= 0.6 is 24.0 Å². The molecule has 2 aliphatic rings. The normalized spacial score (nSPS) is 19.0. The Hall–Kier alpha value is -1.84. The highest BCUT2D eigenvalue weighted by Gasteiger charge is 2.31. The number of amides is 2. The maximum atomic E-state index is 12.8. The number of hydrogen-bond donors (Lipinski definition) is 3. The van der Waals surface area contributed by atoms with Crippen LogP contribution in [-0.4, -0.2) is 55.4 Å². The summed E-state index contributed by atoms with van der Waals surface area (Å²) >= 11 is 0. The topological polar surface area (TPSA) is 85.8 Å². The highest BCUT2D eigenvalue weighted by molar-refractivity contribution is 14.0. The molecule has 8 heteroatoms. The van der Waals surface area contributed by atoms with E-state index in [1.807, 2.05) is 29.2 Å². The first-order valence-electron chi connectivity index (χ1n) is 12.2. The molecule has 0 spiro atoms. The van der Waals surface area contributed by atoms with Crippen molar-refractivity contribution in [3.05, 3.63) is 35.4 Å². The molecule has 3 N–H and O–H groups in total. The van der Waals surface area contributed by atoms with Crippen LogP contribution in [0.15, 0.2) is 29.3 Å². The minimum absolute atomic E-state index is 0. The van der Waals surface area contributed by atoms with Crippen molar-refractivity contribution in [2.45, 2.75) is 70.9 Å². The van der Waals surface area contributed by atoms with Gasteiger partial charge in [-0.05, 0) is 43.4 Å². The van der Waals surface area contributed by atoms with Gasteiger partial charge in [0.25, 0.3) is 5.91 Å². The monoisotopic (exact) mass is 569 g/mol. The van der Waals surface area contributed by atoms with E-state index in [9.17, 15) is 9.59 Å². The third-order valence-corrected chi connectivity index (χ3v) is 6.51. The maximum absolute atomic E-state index is 12.8. The molecule has 1 saturated carbocycles. The second-order valence-electron chi connectivity index (χ2n) is 8.98. The summed E-state index contributed by atoms with van der Waals surface area (Å²) in [4.78, 5) is 31.3. The smallest absolute Gasteiger partial charge is 0.251 e. The molecule has 1 aromatic carbocycles. The van der Waals surface area contributed by atoms with Gasteiger partial charge in [-0.2, -0.15) is 0 Å². The lowest BCUT2D eigenvalue weighted by Crippen LogP contribution is -2.45. The zero-order chi connectivity index (χ0) is 22.8. The Morgan fingerprint density at radius 1 is 1.06 bits per heavy atom. The molecule has 2 fully saturated rings. The van der Waals surface area contributed by atoms with Gasteiger partial charge in [0.15, 0.2) is 5.96 Å². The summed E-state index contributed by atoms with van der Waals surface area (Å²) in [6.45, 7) is 5.01. The molecule has 0 radical (unpaired) electrons. The van der Waals surface area contributed by atoms with Gasteiger partial charge in [0.2, 0.25) is 5.91 Å². The number of likely N-dealkylation sites (tertiary alicyclic amines) is 1. The van der Waals surface area contributed by atoms with Crippen LogP contribution in [-0.2, 0) is 11.3 Å². The summed E-state index contributed by atoms with van der Waals surface area (Å²) in [5.74, 6) is 1.29. The highest BCUT2D eigenvalue weighted by atomic mass is 127. The Morgan fingerprint density at radius 3 is 2.45 bits per heavy atom. The third-order valence-electron chi connectivity index (χ3n) is 6.51. The molecule has 184 valence electrons. The van der Waals surface area contributed by atoms with E-state index in [0.29, 0.717) is 24.6 Å². The van der Waals surface area contributed by atoms with Gasteiger partial charge in [-0.3, -0.25) is 14.6 Å². The van der Waals surface area contributed by atoms with Crippen LogP contribution < -0.4 is 16.0 Å². The van der Waals surface area contributed by atoms with Crippen LogP contribution in [0.4, 0.5) is 0 Å². The van der Waals surface area contributed by atoms with E-state index in [2.05, 4.69) is 27.9 Å². The van der Waals surface area contributed by atoms with Crippen LogP contribution in [0.3, 0.4) is 0 Å². The van der Waals surface area contributed by atoms with Crippen molar-refractivity contribution >= 4 is 41.8 Å². The lowest BCUT2D eigenvalue weighted by atomic mass is 9.88. The minimum Gasteiger partial charge on any atom is -0.352 e. The Kier molecular flexibility index (Phi) is 12.0. The predicted molar refractivity (Wildman–Crippen MR) is 144 cm³/mol. The van der Waals surface area contributed by atoms with Crippen LogP contribution in [0.25, 0.3) is 0 Å². The van der Waals surface area contributed by atoms with Gasteiger partial charge >= 0.3 is 0 Å². The van der Waals surface area contributed by atoms with Crippen molar-refractivity contribution in [2.75, 3.05) is 26.7 Å². The summed E-state index contributed by atoms with van der Waals surface area (Å²) < 4.78 is 0. The van der Waals surface area contributed by atoms with Gasteiger partial charge in [-0.1, -0.05) is 44.7 Å². The molecule has 1 saturated heterocycles. The first kappa shape index (κ1) is 27.4. The number of rotatable bonds is 8. The second-order valence-corrected chi connectivity index (χ2v) is 8.98. The minimum atomic E-state index is -0.0241.